The molecule has 1 heterocycles. The first-order valence-electron chi connectivity index (χ1n) is 6.60. The maximum atomic E-state index is 11.5. The van der Waals surface area contributed by atoms with Gasteiger partial charge in [-0.1, -0.05) is 0 Å². The molecule has 1 N–H and O–H groups in total. The van der Waals surface area contributed by atoms with Crippen molar-refractivity contribution in [1.29, 1.82) is 0 Å². The van der Waals surface area contributed by atoms with E-state index in [-0.39, 0.29) is 5.91 Å². The molecule has 0 radical (unpaired) electrons. The summed E-state index contributed by atoms with van der Waals surface area (Å²) < 4.78 is 2.14. The first-order valence-corrected chi connectivity index (χ1v) is 6.60. The molecule has 1 fully saturated rings. The highest BCUT2D eigenvalue weighted by atomic mass is 16.2. The summed E-state index contributed by atoms with van der Waals surface area (Å²) in [5, 5.41) is 3.46. The second-order valence-corrected chi connectivity index (χ2v) is 5.08. The van der Waals surface area contributed by atoms with Crippen molar-refractivity contribution in [2.24, 2.45) is 0 Å². The molecule has 1 aromatic heterocycles. The van der Waals surface area contributed by atoms with E-state index in [1.54, 1.807) is 19.0 Å². The molecule has 1 aliphatic carbocycles. The van der Waals surface area contributed by atoms with Crippen LogP contribution in [0.2, 0.25) is 0 Å². The molecule has 0 bridgehead atoms. The Morgan fingerprint density at radius 2 is 2.33 bits per heavy atom. The summed E-state index contributed by atoms with van der Waals surface area (Å²) in [4.78, 5) is 17.5. The zero-order valence-corrected chi connectivity index (χ0v) is 11.2. The number of hydrogen-bond donors (Lipinski definition) is 1. The number of aryl methyl sites for hydroxylation is 1. The fraction of sp³-hybridized carbons (Fsp3) is 0.692. The lowest BCUT2D eigenvalue weighted by Crippen LogP contribution is -2.22. The maximum absolute atomic E-state index is 11.5. The van der Waals surface area contributed by atoms with Gasteiger partial charge in [0.1, 0.15) is 5.82 Å². The van der Waals surface area contributed by atoms with E-state index < -0.39 is 0 Å². The number of amides is 1. The molecule has 0 aliphatic heterocycles. The van der Waals surface area contributed by atoms with E-state index in [2.05, 4.69) is 14.9 Å². The number of nitrogens with zero attached hydrogens (tertiary/aromatic N) is 3. The fourth-order valence-electron chi connectivity index (χ4n) is 1.86. The van der Waals surface area contributed by atoms with Crippen LogP contribution in [0.4, 0.5) is 0 Å². The van der Waals surface area contributed by atoms with Crippen molar-refractivity contribution >= 4 is 5.91 Å². The minimum absolute atomic E-state index is 0.188. The average Bonchev–Trinajstić information content (AvgIpc) is 3.06. The standard InChI is InChI=1S/C13H22N4O/c1-16(2)13(18)4-3-8-17-9-7-14-12(17)10-15-11-5-6-11/h7,9,11,15H,3-6,8,10H2,1-2H3. The van der Waals surface area contributed by atoms with Crippen molar-refractivity contribution in [3.63, 3.8) is 0 Å². The van der Waals surface area contributed by atoms with Gasteiger partial charge in [-0.25, -0.2) is 4.98 Å². The number of aromatic nitrogens is 2. The summed E-state index contributed by atoms with van der Waals surface area (Å²) in [6.07, 6.45) is 7.86. The van der Waals surface area contributed by atoms with Gasteiger partial charge in [-0.2, -0.15) is 0 Å². The number of carbonyl (C=O) groups excluding carboxylic acids is 1. The molecule has 0 aromatic carbocycles. The summed E-state index contributed by atoms with van der Waals surface area (Å²) in [7, 11) is 3.59. The second kappa shape index (κ2) is 6.00. The highest BCUT2D eigenvalue weighted by Crippen LogP contribution is 2.19. The summed E-state index contributed by atoms with van der Waals surface area (Å²) in [5.74, 6) is 1.26. The van der Waals surface area contributed by atoms with Crippen LogP contribution in [0.25, 0.3) is 0 Å². The van der Waals surface area contributed by atoms with Crippen LogP contribution in [0, 0.1) is 0 Å². The minimum atomic E-state index is 0.188. The highest BCUT2D eigenvalue weighted by Gasteiger charge is 2.20. The van der Waals surface area contributed by atoms with Crippen LogP contribution in [0.5, 0.6) is 0 Å². The van der Waals surface area contributed by atoms with E-state index in [1.807, 2.05) is 12.4 Å². The first kappa shape index (κ1) is 13.1. The van der Waals surface area contributed by atoms with Crippen LogP contribution >= 0.6 is 0 Å². The Bertz CT molecular complexity index is 395. The van der Waals surface area contributed by atoms with Gasteiger partial charge in [-0.3, -0.25) is 4.79 Å². The third-order valence-electron chi connectivity index (χ3n) is 3.22. The molecule has 1 amide bonds. The largest absolute Gasteiger partial charge is 0.349 e. The van der Waals surface area contributed by atoms with Crippen LogP contribution in [0.15, 0.2) is 12.4 Å². The summed E-state index contributed by atoms with van der Waals surface area (Å²) in [6, 6.07) is 0.700. The molecule has 1 aliphatic rings. The van der Waals surface area contributed by atoms with Gasteiger partial charge in [0.15, 0.2) is 0 Å². The predicted molar refractivity (Wildman–Crippen MR) is 70.0 cm³/mol. The van der Waals surface area contributed by atoms with Crippen LogP contribution in [-0.4, -0.2) is 40.5 Å². The monoisotopic (exact) mass is 250 g/mol. The Labute approximate surface area is 108 Å². The van der Waals surface area contributed by atoms with E-state index in [0.29, 0.717) is 12.5 Å². The molecular formula is C13H22N4O. The lowest BCUT2D eigenvalue weighted by atomic mass is 10.3. The highest BCUT2D eigenvalue weighted by molar-refractivity contribution is 5.75. The van der Waals surface area contributed by atoms with Crippen LogP contribution in [0.1, 0.15) is 31.5 Å². The Balaban J connectivity index is 1.74. The third-order valence-corrected chi connectivity index (χ3v) is 3.22. The van der Waals surface area contributed by atoms with E-state index in [0.717, 1.165) is 25.3 Å². The van der Waals surface area contributed by atoms with Crippen molar-refractivity contribution < 1.29 is 4.79 Å². The van der Waals surface area contributed by atoms with Crippen molar-refractivity contribution in [3.05, 3.63) is 18.2 Å². The van der Waals surface area contributed by atoms with Crippen molar-refractivity contribution in [2.45, 2.75) is 44.8 Å². The molecule has 5 nitrogen and oxygen atoms in total. The quantitative estimate of drug-likeness (QED) is 0.785. The molecule has 18 heavy (non-hydrogen) atoms. The molecule has 1 saturated carbocycles. The van der Waals surface area contributed by atoms with Gasteiger partial charge in [0.05, 0.1) is 6.54 Å². The summed E-state index contributed by atoms with van der Waals surface area (Å²) in [6.45, 7) is 1.69. The molecule has 2 rings (SSSR count). The number of hydrogen-bond acceptors (Lipinski definition) is 3. The molecule has 0 atom stereocenters. The normalized spacial score (nSPS) is 14.8. The van der Waals surface area contributed by atoms with Gasteiger partial charge in [-0.15, -0.1) is 0 Å². The minimum Gasteiger partial charge on any atom is -0.349 e. The van der Waals surface area contributed by atoms with Gasteiger partial charge in [0.2, 0.25) is 5.91 Å². The Kier molecular flexibility index (Phi) is 4.36. The zero-order chi connectivity index (χ0) is 13.0. The van der Waals surface area contributed by atoms with Crippen LogP contribution in [0.3, 0.4) is 0 Å². The lowest BCUT2D eigenvalue weighted by Gasteiger charge is -2.11. The third kappa shape index (κ3) is 3.84. The number of imidazole rings is 1. The first-order chi connectivity index (χ1) is 8.66. The molecule has 0 unspecified atom stereocenters. The second-order valence-electron chi connectivity index (χ2n) is 5.08. The zero-order valence-electron chi connectivity index (χ0n) is 11.2. The summed E-state index contributed by atoms with van der Waals surface area (Å²) >= 11 is 0. The molecule has 0 saturated heterocycles. The van der Waals surface area contributed by atoms with E-state index in [9.17, 15) is 4.79 Å². The van der Waals surface area contributed by atoms with Crippen molar-refractivity contribution in [3.8, 4) is 0 Å². The SMILES string of the molecule is CN(C)C(=O)CCCn1ccnc1CNC1CC1. The van der Waals surface area contributed by atoms with Crippen molar-refractivity contribution in [2.75, 3.05) is 14.1 Å². The Hall–Kier alpha value is -1.36. The van der Waals surface area contributed by atoms with Gasteiger partial charge >= 0.3 is 0 Å². The van der Waals surface area contributed by atoms with Gasteiger partial charge < -0.3 is 14.8 Å². The van der Waals surface area contributed by atoms with E-state index >= 15 is 0 Å². The van der Waals surface area contributed by atoms with Crippen LogP contribution < -0.4 is 5.32 Å². The lowest BCUT2D eigenvalue weighted by molar-refractivity contribution is -0.128. The summed E-state index contributed by atoms with van der Waals surface area (Å²) in [5.41, 5.74) is 0. The predicted octanol–water partition coefficient (Wildman–Crippen LogP) is 1.00. The van der Waals surface area contributed by atoms with E-state index in [4.69, 9.17) is 0 Å². The molecule has 0 spiro atoms. The molecule has 100 valence electrons. The van der Waals surface area contributed by atoms with Gasteiger partial charge in [-0.05, 0) is 19.3 Å². The molecular weight excluding hydrogens is 228 g/mol. The number of rotatable bonds is 7. The Morgan fingerprint density at radius 1 is 1.56 bits per heavy atom. The number of carbonyl (C=O) groups is 1. The van der Waals surface area contributed by atoms with Gasteiger partial charge in [0.25, 0.3) is 0 Å². The van der Waals surface area contributed by atoms with E-state index in [1.165, 1.54) is 12.8 Å². The maximum Gasteiger partial charge on any atom is 0.222 e. The Morgan fingerprint density at radius 3 is 3.00 bits per heavy atom. The number of nitrogens with one attached hydrogen (secondary N) is 1. The van der Waals surface area contributed by atoms with Crippen LogP contribution in [-0.2, 0) is 17.9 Å². The average molecular weight is 250 g/mol. The topological polar surface area (TPSA) is 50.2 Å². The smallest absolute Gasteiger partial charge is 0.222 e. The molecule has 1 aromatic rings. The van der Waals surface area contributed by atoms with Crippen molar-refractivity contribution in [1.82, 2.24) is 19.8 Å². The van der Waals surface area contributed by atoms with Gasteiger partial charge in [0, 0.05) is 45.5 Å². The molecule has 5 heteroatoms. The fourth-order valence-corrected chi connectivity index (χ4v) is 1.86.